The maximum atomic E-state index is 6.80. The lowest BCUT2D eigenvalue weighted by Gasteiger charge is -2.34. The van der Waals surface area contributed by atoms with Crippen molar-refractivity contribution in [3.63, 3.8) is 0 Å². The van der Waals surface area contributed by atoms with Gasteiger partial charge in [-0.3, -0.25) is 0 Å². The molecule has 1 aliphatic carbocycles. The highest BCUT2D eigenvalue weighted by Crippen LogP contribution is 2.38. The first-order valence-electron chi connectivity index (χ1n) is 4.57. The molecule has 12 heavy (non-hydrogen) atoms. The average molecular weight is 163 g/mol. The lowest BCUT2D eigenvalue weighted by Crippen LogP contribution is -2.22. The van der Waals surface area contributed by atoms with E-state index in [-0.39, 0.29) is 0 Å². The first-order valence-corrected chi connectivity index (χ1v) is 4.57. The fourth-order valence-corrected chi connectivity index (χ4v) is 1.69. The highest BCUT2D eigenvalue weighted by molar-refractivity contribution is 5.67. The van der Waals surface area contributed by atoms with Crippen molar-refractivity contribution < 1.29 is 0 Å². The molecule has 0 amide bonds. The Morgan fingerprint density at radius 3 is 2.75 bits per heavy atom. The minimum atomic E-state index is 0.760. The number of rotatable bonds is 4. The Hall–Kier alpha value is -0.850. The number of nitrogens with one attached hydrogen (secondary N) is 1. The zero-order chi connectivity index (χ0) is 8.97. The molecule has 1 heteroatoms. The van der Waals surface area contributed by atoms with Gasteiger partial charge in [0.15, 0.2) is 0 Å². The fourth-order valence-electron chi connectivity index (χ4n) is 1.69. The standard InChI is InChI=1S/C11H17N/c1-9-7-11(8-9)10(2)5-3-4-6-12/h3-4,6,9,11-12H,2,5,7-8H2,1H3/b4-3+,12-6?/t9-,11+. The van der Waals surface area contributed by atoms with E-state index in [1.807, 2.05) is 6.08 Å². The largest absolute Gasteiger partial charge is 0.309 e. The third-order valence-electron chi connectivity index (χ3n) is 2.56. The van der Waals surface area contributed by atoms with Crippen molar-refractivity contribution >= 4 is 6.21 Å². The second-order valence-corrected chi connectivity index (χ2v) is 3.73. The summed E-state index contributed by atoms with van der Waals surface area (Å²) in [5.74, 6) is 1.66. The lowest BCUT2D eigenvalue weighted by atomic mass is 9.72. The summed E-state index contributed by atoms with van der Waals surface area (Å²) < 4.78 is 0. The van der Waals surface area contributed by atoms with Crippen molar-refractivity contribution in [2.45, 2.75) is 26.2 Å². The molecular formula is C11H17N. The van der Waals surface area contributed by atoms with Gasteiger partial charge in [-0.15, -0.1) is 0 Å². The van der Waals surface area contributed by atoms with Crippen molar-refractivity contribution in [2.75, 3.05) is 0 Å². The molecule has 0 bridgehead atoms. The Morgan fingerprint density at radius 1 is 1.58 bits per heavy atom. The minimum absolute atomic E-state index is 0.760. The molecule has 66 valence electrons. The van der Waals surface area contributed by atoms with Crippen molar-refractivity contribution in [2.24, 2.45) is 11.8 Å². The Balaban J connectivity index is 2.21. The van der Waals surface area contributed by atoms with E-state index < -0.39 is 0 Å². The monoisotopic (exact) mass is 163 g/mol. The highest BCUT2D eigenvalue weighted by atomic mass is 14.3. The van der Waals surface area contributed by atoms with Crippen LogP contribution in [0.5, 0.6) is 0 Å². The normalized spacial score (nSPS) is 28.4. The smallest absolute Gasteiger partial charge is 0.0174 e. The van der Waals surface area contributed by atoms with E-state index in [0.717, 1.165) is 18.3 Å². The quantitative estimate of drug-likeness (QED) is 0.486. The van der Waals surface area contributed by atoms with Crippen LogP contribution in [0.4, 0.5) is 0 Å². The van der Waals surface area contributed by atoms with Gasteiger partial charge in [-0.1, -0.05) is 25.2 Å². The summed E-state index contributed by atoms with van der Waals surface area (Å²) >= 11 is 0. The minimum Gasteiger partial charge on any atom is -0.309 e. The van der Waals surface area contributed by atoms with Crippen LogP contribution in [0, 0.1) is 17.2 Å². The van der Waals surface area contributed by atoms with Crippen LogP contribution in [0.2, 0.25) is 0 Å². The summed E-state index contributed by atoms with van der Waals surface area (Å²) in [6.45, 7) is 6.35. The molecule has 0 aromatic rings. The van der Waals surface area contributed by atoms with Gasteiger partial charge in [0.25, 0.3) is 0 Å². The molecule has 1 rings (SSSR count). The predicted octanol–water partition coefficient (Wildman–Crippen LogP) is 3.18. The second-order valence-electron chi connectivity index (χ2n) is 3.73. The Morgan fingerprint density at radius 2 is 2.25 bits per heavy atom. The van der Waals surface area contributed by atoms with Gasteiger partial charge in [0, 0.05) is 6.21 Å². The van der Waals surface area contributed by atoms with Crippen LogP contribution in [0.1, 0.15) is 26.2 Å². The van der Waals surface area contributed by atoms with E-state index in [1.54, 1.807) is 6.08 Å². The van der Waals surface area contributed by atoms with E-state index in [2.05, 4.69) is 13.5 Å². The number of hydrogen-bond acceptors (Lipinski definition) is 1. The summed E-state index contributed by atoms with van der Waals surface area (Å²) in [7, 11) is 0. The Labute approximate surface area is 74.7 Å². The third kappa shape index (κ3) is 2.33. The molecule has 0 radical (unpaired) electrons. The molecule has 1 nitrogen and oxygen atoms in total. The third-order valence-corrected chi connectivity index (χ3v) is 2.56. The second kappa shape index (κ2) is 4.24. The van der Waals surface area contributed by atoms with Gasteiger partial charge >= 0.3 is 0 Å². The van der Waals surface area contributed by atoms with Crippen LogP contribution in [-0.4, -0.2) is 6.21 Å². The number of allylic oxidation sites excluding steroid dienone is 3. The first-order chi connectivity index (χ1) is 5.74. The molecule has 0 aliphatic heterocycles. The van der Waals surface area contributed by atoms with Gasteiger partial charge < -0.3 is 5.41 Å². The molecule has 1 saturated carbocycles. The molecule has 0 heterocycles. The molecule has 0 aromatic heterocycles. The topological polar surface area (TPSA) is 23.9 Å². The maximum absolute atomic E-state index is 6.80. The van der Waals surface area contributed by atoms with Gasteiger partial charge in [-0.05, 0) is 37.2 Å². The lowest BCUT2D eigenvalue weighted by molar-refractivity contribution is 0.247. The summed E-state index contributed by atoms with van der Waals surface area (Å²) in [4.78, 5) is 0. The van der Waals surface area contributed by atoms with E-state index in [1.165, 1.54) is 24.6 Å². The molecule has 1 fully saturated rings. The molecule has 0 spiro atoms. The SMILES string of the molecule is C=C(C/C=C/C=N)[C@H]1C[C@@H](C)C1. The van der Waals surface area contributed by atoms with Gasteiger partial charge in [-0.25, -0.2) is 0 Å². The van der Waals surface area contributed by atoms with Crippen molar-refractivity contribution in [1.29, 1.82) is 5.41 Å². The highest BCUT2D eigenvalue weighted by Gasteiger charge is 2.26. The summed E-state index contributed by atoms with van der Waals surface area (Å²) in [6, 6.07) is 0. The van der Waals surface area contributed by atoms with Gasteiger partial charge in [0.2, 0.25) is 0 Å². The Bertz CT molecular complexity index is 197. The summed E-state index contributed by atoms with van der Waals surface area (Å²) in [5, 5.41) is 6.80. The van der Waals surface area contributed by atoms with E-state index in [0.29, 0.717) is 0 Å². The van der Waals surface area contributed by atoms with Crippen molar-refractivity contribution in [3.05, 3.63) is 24.3 Å². The average Bonchev–Trinajstić information content (AvgIpc) is 1.99. The Kier molecular flexibility index (Phi) is 3.27. The van der Waals surface area contributed by atoms with Crippen LogP contribution in [0.3, 0.4) is 0 Å². The maximum Gasteiger partial charge on any atom is 0.0174 e. The molecule has 0 atom stereocenters. The van der Waals surface area contributed by atoms with Crippen LogP contribution in [0.15, 0.2) is 24.3 Å². The predicted molar refractivity (Wildman–Crippen MR) is 53.6 cm³/mol. The zero-order valence-electron chi connectivity index (χ0n) is 7.72. The molecule has 0 unspecified atom stereocenters. The van der Waals surface area contributed by atoms with Crippen molar-refractivity contribution in [1.82, 2.24) is 0 Å². The first kappa shape index (κ1) is 9.24. The van der Waals surface area contributed by atoms with Crippen LogP contribution >= 0.6 is 0 Å². The molecule has 1 aliphatic rings. The van der Waals surface area contributed by atoms with E-state index >= 15 is 0 Å². The van der Waals surface area contributed by atoms with Gasteiger partial charge in [-0.2, -0.15) is 0 Å². The summed E-state index contributed by atoms with van der Waals surface area (Å²) in [6.07, 6.45) is 8.68. The van der Waals surface area contributed by atoms with Gasteiger partial charge in [0.05, 0.1) is 0 Å². The fraction of sp³-hybridized carbons (Fsp3) is 0.545. The van der Waals surface area contributed by atoms with Gasteiger partial charge in [0.1, 0.15) is 0 Å². The molecule has 0 aromatic carbocycles. The molecule has 1 N–H and O–H groups in total. The zero-order valence-corrected chi connectivity index (χ0v) is 7.72. The molecule has 0 saturated heterocycles. The molecular weight excluding hydrogens is 146 g/mol. The summed E-state index contributed by atoms with van der Waals surface area (Å²) in [5.41, 5.74) is 1.34. The number of hydrogen-bond donors (Lipinski definition) is 1. The van der Waals surface area contributed by atoms with E-state index in [9.17, 15) is 0 Å². The van der Waals surface area contributed by atoms with Crippen LogP contribution in [0.25, 0.3) is 0 Å². The van der Waals surface area contributed by atoms with Crippen LogP contribution < -0.4 is 0 Å². The van der Waals surface area contributed by atoms with Crippen LogP contribution in [-0.2, 0) is 0 Å². The van der Waals surface area contributed by atoms with E-state index in [4.69, 9.17) is 5.41 Å². The van der Waals surface area contributed by atoms with Crippen molar-refractivity contribution in [3.8, 4) is 0 Å².